The monoisotopic (exact) mass is 307 g/mol. The molecule has 0 spiro atoms. The van der Waals surface area contributed by atoms with Crippen molar-refractivity contribution in [2.45, 2.75) is 39.2 Å². The number of rotatable bonds is 7. The molecule has 3 heteroatoms. The fourth-order valence-corrected chi connectivity index (χ4v) is 3.69. The van der Waals surface area contributed by atoms with Crippen molar-refractivity contribution in [1.82, 2.24) is 5.32 Å². The van der Waals surface area contributed by atoms with Gasteiger partial charge in [0.1, 0.15) is 0 Å². The molecule has 0 fully saturated rings. The standard InChI is InChI=1S/C17H22ClNS/c1-3-11-19-16(17-15(18)10-12-20-17)9-8-14-7-5-4-6-13(14)2/h4-7,10,12,16,19H,3,8-9,11H2,1-2H3. The van der Waals surface area contributed by atoms with Crippen LogP contribution < -0.4 is 5.32 Å². The van der Waals surface area contributed by atoms with Crippen molar-refractivity contribution in [2.24, 2.45) is 0 Å². The van der Waals surface area contributed by atoms with Crippen molar-refractivity contribution in [2.75, 3.05) is 6.54 Å². The molecule has 1 unspecified atom stereocenters. The molecular weight excluding hydrogens is 286 g/mol. The van der Waals surface area contributed by atoms with Gasteiger partial charge in [-0.2, -0.15) is 0 Å². The van der Waals surface area contributed by atoms with Gasteiger partial charge in [0.25, 0.3) is 0 Å². The molecule has 1 heterocycles. The zero-order chi connectivity index (χ0) is 14.4. The Morgan fingerprint density at radius 1 is 1.25 bits per heavy atom. The van der Waals surface area contributed by atoms with E-state index in [0.717, 1.165) is 30.8 Å². The molecule has 108 valence electrons. The van der Waals surface area contributed by atoms with Gasteiger partial charge in [-0.3, -0.25) is 0 Å². The molecule has 0 aliphatic heterocycles. The molecule has 0 aliphatic rings. The van der Waals surface area contributed by atoms with Gasteiger partial charge in [0, 0.05) is 10.9 Å². The molecule has 1 atom stereocenters. The summed E-state index contributed by atoms with van der Waals surface area (Å²) in [5.41, 5.74) is 2.81. The largest absolute Gasteiger partial charge is 0.309 e. The summed E-state index contributed by atoms with van der Waals surface area (Å²) in [4.78, 5) is 1.27. The SMILES string of the molecule is CCCNC(CCc1ccccc1C)c1sccc1Cl. The lowest BCUT2D eigenvalue weighted by Gasteiger charge is -2.18. The Labute approximate surface area is 131 Å². The van der Waals surface area contributed by atoms with Crippen molar-refractivity contribution in [1.29, 1.82) is 0 Å². The minimum absolute atomic E-state index is 0.363. The Morgan fingerprint density at radius 3 is 2.70 bits per heavy atom. The van der Waals surface area contributed by atoms with Crippen LogP contribution >= 0.6 is 22.9 Å². The summed E-state index contributed by atoms with van der Waals surface area (Å²) in [6.45, 7) is 5.41. The van der Waals surface area contributed by atoms with Gasteiger partial charge >= 0.3 is 0 Å². The van der Waals surface area contributed by atoms with Crippen molar-refractivity contribution < 1.29 is 0 Å². The van der Waals surface area contributed by atoms with Crippen molar-refractivity contribution in [3.8, 4) is 0 Å². The van der Waals surface area contributed by atoms with Crippen LogP contribution in [-0.2, 0) is 6.42 Å². The normalized spacial score (nSPS) is 12.6. The highest BCUT2D eigenvalue weighted by atomic mass is 35.5. The average molecular weight is 308 g/mol. The Hall–Kier alpha value is -0.830. The Balaban J connectivity index is 2.05. The van der Waals surface area contributed by atoms with E-state index in [-0.39, 0.29) is 0 Å². The number of aryl methyl sites for hydroxylation is 2. The molecule has 1 aromatic heterocycles. The number of nitrogens with one attached hydrogen (secondary N) is 1. The van der Waals surface area contributed by atoms with Crippen LogP contribution in [0.4, 0.5) is 0 Å². The predicted octanol–water partition coefficient (Wildman–Crippen LogP) is 5.38. The van der Waals surface area contributed by atoms with Gasteiger partial charge in [0.2, 0.25) is 0 Å². The molecule has 0 amide bonds. The van der Waals surface area contributed by atoms with Crippen LogP contribution in [0.3, 0.4) is 0 Å². The van der Waals surface area contributed by atoms with Crippen LogP contribution in [0.5, 0.6) is 0 Å². The van der Waals surface area contributed by atoms with Gasteiger partial charge in [0.05, 0.1) is 5.02 Å². The summed E-state index contributed by atoms with van der Waals surface area (Å²) in [5, 5.41) is 6.60. The Bertz CT molecular complexity index is 535. The first kappa shape index (κ1) is 15.6. The average Bonchev–Trinajstić information content (AvgIpc) is 2.87. The highest BCUT2D eigenvalue weighted by Crippen LogP contribution is 2.31. The van der Waals surface area contributed by atoms with E-state index >= 15 is 0 Å². The fourth-order valence-electron chi connectivity index (χ4n) is 2.39. The number of benzene rings is 1. The van der Waals surface area contributed by atoms with Gasteiger partial charge in [-0.25, -0.2) is 0 Å². The first-order chi connectivity index (χ1) is 9.72. The van der Waals surface area contributed by atoms with E-state index < -0.39 is 0 Å². The second kappa shape index (κ2) is 7.82. The van der Waals surface area contributed by atoms with Crippen LogP contribution in [0.15, 0.2) is 35.7 Å². The molecule has 20 heavy (non-hydrogen) atoms. The molecule has 1 aromatic carbocycles. The van der Waals surface area contributed by atoms with E-state index in [1.165, 1.54) is 16.0 Å². The maximum absolute atomic E-state index is 6.30. The third-order valence-electron chi connectivity index (χ3n) is 3.57. The van der Waals surface area contributed by atoms with Crippen molar-refractivity contribution >= 4 is 22.9 Å². The summed E-state index contributed by atoms with van der Waals surface area (Å²) < 4.78 is 0. The van der Waals surface area contributed by atoms with Crippen LogP contribution in [0.1, 0.15) is 41.8 Å². The molecule has 2 aromatic rings. The zero-order valence-electron chi connectivity index (χ0n) is 12.2. The Kier molecular flexibility index (Phi) is 6.08. The van der Waals surface area contributed by atoms with E-state index in [9.17, 15) is 0 Å². The van der Waals surface area contributed by atoms with E-state index in [0.29, 0.717) is 6.04 Å². The lowest BCUT2D eigenvalue weighted by Crippen LogP contribution is -2.22. The number of thiophene rings is 1. The van der Waals surface area contributed by atoms with Crippen LogP contribution in [0, 0.1) is 6.92 Å². The highest BCUT2D eigenvalue weighted by molar-refractivity contribution is 7.10. The zero-order valence-corrected chi connectivity index (χ0v) is 13.7. The topological polar surface area (TPSA) is 12.0 Å². The summed E-state index contributed by atoms with van der Waals surface area (Å²) in [5.74, 6) is 0. The molecule has 0 bridgehead atoms. The minimum atomic E-state index is 0.363. The van der Waals surface area contributed by atoms with Crippen molar-refractivity contribution in [3.63, 3.8) is 0 Å². The van der Waals surface area contributed by atoms with Gasteiger partial charge in [-0.15, -0.1) is 11.3 Å². The first-order valence-electron chi connectivity index (χ1n) is 7.23. The van der Waals surface area contributed by atoms with Gasteiger partial charge in [-0.1, -0.05) is 42.8 Å². The van der Waals surface area contributed by atoms with Crippen molar-refractivity contribution in [3.05, 3.63) is 56.7 Å². The highest BCUT2D eigenvalue weighted by Gasteiger charge is 2.15. The number of halogens is 1. The molecule has 0 aliphatic carbocycles. The second-order valence-electron chi connectivity index (χ2n) is 5.10. The maximum Gasteiger partial charge on any atom is 0.0561 e. The van der Waals surface area contributed by atoms with Gasteiger partial charge < -0.3 is 5.32 Å². The first-order valence-corrected chi connectivity index (χ1v) is 8.49. The predicted molar refractivity (Wildman–Crippen MR) is 89.9 cm³/mol. The third-order valence-corrected chi connectivity index (χ3v) is 5.04. The number of hydrogen-bond acceptors (Lipinski definition) is 2. The molecular formula is C17H22ClNS. The lowest BCUT2D eigenvalue weighted by molar-refractivity contribution is 0.506. The summed E-state index contributed by atoms with van der Waals surface area (Å²) in [6, 6.07) is 11.0. The molecule has 2 rings (SSSR count). The van der Waals surface area contributed by atoms with Crippen LogP contribution in [0.2, 0.25) is 5.02 Å². The van der Waals surface area contributed by atoms with E-state index in [1.54, 1.807) is 11.3 Å². The third kappa shape index (κ3) is 4.08. The van der Waals surface area contributed by atoms with Gasteiger partial charge in [0.15, 0.2) is 0 Å². The van der Waals surface area contributed by atoms with E-state index in [4.69, 9.17) is 11.6 Å². The molecule has 0 saturated heterocycles. The van der Waals surface area contributed by atoms with Gasteiger partial charge in [-0.05, 0) is 55.3 Å². The summed E-state index contributed by atoms with van der Waals surface area (Å²) in [6.07, 6.45) is 3.32. The molecule has 1 nitrogen and oxygen atoms in total. The second-order valence-corrected chi connectivity index (χ2v) is 6.46. The quantitative estimate of drug-likeness (QED) is 0.723. The fraction of sp³-hybridized carbons (Fsp3) is 0.412. The number of hydrogen-bond donors (Lipinski definition) is 1. The summed E-state index contributed by atoms with van der Waals surface area (Å²) in [7, 11) is 0. The van der Waals surface area contributed by atoms with Crippen LogP contribution in [-0.4, -0.2) is 6.54 Å². The molecule has 1 N–H and O–H groups in total. The minimum Gasteiger partial charge on any atom is -0.309 e. The molecule has 0 radical (unpaired) electrons. The van der Waals surface area contributed by atoms with E-state index in [2.05, 4.69) is 48.8 Å². The van der Waals surface area contributed by atoms with Crippen LogP contribution in [0.25, 0.3) is 0 Å². The lowest BCUT2D eigenvalue weighted by atomic mass is 10.0. The Morgan fingerprint density at radius 2 is 2.05 bits per heavy atom. The molecule has 0 saturated carbocycles. The smallest absolute Gasteiger partial charge is 0.0561 e. The maximum atomic E-state index is 6.30. The summed E-state index contributed by atoms with van der Waals surface area (Å²) >= 11 is 8.05. The van der Waals surface area contributed by atoms with E-state index in [1.807, 2.05) is 6.07 Å².